The standard InChI is InChI=1S/C36H44F4N6O3/c1-34(2,3)49-33(47)44-20-15-35(16-21-44)14-7-18-45(24-35)32-25(22-28(37)29-13-19-46(43-29)26-12-17-41-42-23-26)10-11-30(31(32)36(38,39)40)48-27-8-5-4-6-9-27/h10-13,17,19,22-23,27H,4-9,14-16,18,20-21,24H2,1-3H3/b28-22-. The minimum atomic E-state index is -4.76. The Hall–Kier alpha value is -4.16. The number of amides is 1. The van der Waals surface area contributed by atoms with E-state index in [1.165, 1.54) is 35.3 Å². The molecule has 1 saturated carbocycles. The third-order valence-electron chi connectivity index (χ3n) is 9.70. The Morgan fingerprint density at radius 2 is 1.71 bits per heavy atom. The van der Waals surface area contributed by atoms with Crippen molar-refractivity contribution in [3.8, 4) is 11.4 Å². The lowest BCUT2D eigenvalue weighted by Crippen LogP contribution is -2.51. The van der Waals surface area contributed by atoms with Crippen molar-refractivity contribution < 1.29 is 31.8 Å². The number of hydrogen-bond donors (Lipinski definition) is 0. The molecule has 3 aromatic rings. The van der Waals surface area contributed by atoms with E-state index in [0.29, 0.717) is 64.0 Å². The van der Waals surface area contributed by atoms with Crippen LogP contribution >= 0.6 is 0 Å². The molecule has 4 heterocycles. The van der Waals surface area contributed by atoms with Crippen LogP contribution in [0.5, 0.6) is 5.75 Å². The summed E-state index contributed by atoms with van der Waals surface area (Å²) in [6.45, 7) is 7.08. The zero-order valence-electron chi connectivity index (χ0n) is 28.3. The van der Waals surface area contributed by atoms with Crippen LogP contribution in [0.4, 0.5) is 28.0 Å². The number of likely N-dealkylation sites (tertiary alicyclic amines) is 1. The molecular weight excluding hydrogens is 640 g/mol. The molecule has 3 fully saturated rings. The van der Waals surface area contributed by atoms with E-state index in [4.69, 9.17) is 9.47 Å². The van der Waals surface area contributed by atoms with Gasteiger partial charge in [0.15, 0.2) is 5.83 Å². The summed E-state index contributed by atoms with van der Waals surface area (Å²) in [4.78, 5) is 16.2. The summed E-state index contributed by atoms with van der Waals surface area (Å²) in [7, 11) is 0. The summed E-state index contributed by atoms with van der Waals surface area (Å²) in [6, 6.07) is 5.98. The largest absolute Gasteiger partial charge is 0.490 e. The molecule has 3 aliphatic rings. The first-order valence-electron chi connectivity index (χ1n) is 17.1. The number of ether oxygens (including phenoxy) is 2. The highest BCUT2D eigenvalue weighted by molar-refractivity contribution is 5.84. The first kappa shape index (κ1) is 34.7. The summed E-state index contributed by atoms with van der Waals surface area (Å²) in [5.74, 6) is -0.991. The number of carbonyl (C=O) groups excluding carboxylic acids is 1. The van der Waals surface area contributed by atoms with Crippen LogP contribution in [0.2, 0.25) is 0 Å². The van der Waals surface area contributed by atoms with Crippen molar-refractivity contribution in [2.75, 3.05) is 31.1 Å². The van der Waals surface area contributed by atoms with E-state index >= 15 is 17.6 Å². The van der Waals surface area contributed by atoms with Gasteiger partial charge in [0.1, 0.15) is 22.6 Å². The van der Waals surface area contributed by atoms with Crippen LogP contribution in [-0.2, 0) is 10.9 Å². The van der Waals surface area contributed by atoms with Gasteiger partial charge in [-0.1, -0.05) is 6.42 Å². The summed E-state index contributed by atoms with van der Waals surface area (Å²) in [5.41, 5.74) is -1.25. The molecule has 1 spiro atoms. The van der Waals surface area contributed by atoms with Crippen LogP contribution in [0.25, 0.3) is 17.6 Å². The summed E-state index contributed by atoms with van der Waals surface area (Å²) >= 11 is 0. The number of benzene rings is 1. The SMILES string of the molecule is CC(C)(C)OC(=O)N1CCC2(CCCN(c3c(/C=C(\F)c4ccn(-c5ccnnc5)n4)ccc(OC4CCCCC4)c3C(F)(F)F)C2)CC1. The van der Waals surface area contributed by atoms with Crippen LogP contribution in [0.1, 0.15) is 95.4 Å². The molecule has 49 heavy (non-hydrogen) atoms. The highest BCUT2D eigenvalue weighted by atomic mass is 19.4. The smallest absolute Gasteiger partial charge is 0.421 e. The van der Waals surface area contributed by atoms with Crippen LogP contribution in [0.15, 0.2) is 42.9 Å². The molecule has 2 aromatic heterocycles. The molecule has 0 radical (unpaired) electrons. The lowest BCUT2D eigenvalue weighted by atomic mass is 9.72. The van der Waals surface area contributed by atoms with Crippen LogP contribution in [0.3, 0.4) is 0 Å². The number of anilines is 1. The molecule has 0 N–H and O–H groups in total. The lowest BCUT2D eigenvalue weighted by Gasteiger charge is -2.49. The van der Waals surface area contributed by atoms with Gasteiger partial charge in [-0.15, -0.1) is 0 Å². The minimum absolute atomic E-state index is 0.0246. The predicted octanol–water partition coefficient (Wildman–Crippen LogP) is 8.48. The highest BCUT2D eigenvalue weighted by Crippen LogP contribution is 2.49. The number of halogens is 4. The average Bonchev–Trinajstić information content (AvgIpc) is 3.56. The van der Waals surface area contributed by atoms with Gasteiger partial charge in [0.05, 0.1) is 29.9 Å². The van der Waals surface area contributed by atoms with Crippen molar-refractivity contribution in [1.82, 2.24) is 24.9 Å². The Morgan fingerprint density at radius 1 is 0.959 bits per heavy atom. The second-order valence-corrected chi connectivity index (χ2v) is 14.5. The molecule has 1 aliphatic carbocycles. The van der Waals surface area contributed by atoms with Gasteiger partial charge in [-0.2, -0.15) is 28.5 Å². The van der Waals surface area contributed by atoms with E-state index in [1.54, 1.807) is 22.1 Å². The summed E-state index contributed by atoms with van der Waals surface area (Å²) in [5, 5.41) is 11.9. The molecule has 0 atom stereocenters. The van der Waals surface area contributed by atoms with Gasteiger partial charge in [0, 0.05) is 37.9 Å². The second-order valence-electron chi connectivity index (χ2n) is 14.5. The van der Waals surface area contributed by atoms with Gasteiger partial charge >= 0.3 is 12.3 Å². The molecule has 0 bridgehead atoms. The minimum Gasteiger partial charge on any atom is -0.490 e. The topological polar surface area (TPSA) is 85.6 Å². The molecule has 1 amide bonds. The Morgan fingerprint density at radius 3 is 2.39 bits per heavy atom. The van der Waals surface area contributed by atoms with E-state index < -0.39 is 23.2 Å². The number of nitrogens with zero attached hydrogens (tertiary/aromatic N) is 6. The van der Waals surface area contributed by atoms with Crippen molar-refractivity contribution in [1.29, 1.82) is 0 Å². The molecule has 0 unspecified atom stereocenters. The third kappa shape index (κ3) is 8.18. The van der Waals surface area contributed by atoms with E-state index in [2.05, 4.69) is 15.3 Å². The quantitative estimate of drug-likeness (QED) is 0.241. The third-order valence-corrected chi connectivity index (χ3v) is 9.70. The normalized spacial score (nSPS) is 19.3. The monoisotopic (exact) mass is 684 g/mol. The number of carbonyl (C=O) groups is 1. The Bertz CT molecular complexity index is 1640. The Kier molecular flexibility index (Phi) is 9.90. The zero-order chi connectivity index (χ0) is 34.8. The van der Waals surface area contributed by atoms with Gasteiger partial charge in [-0.25, -0.2) is 13.9 Å². The van der Waals surface area contributed by atoms with Gasteiger partial charge < -0.3 is 19.3 Å². The van der Waals surface area contributed by atoms with E-state index in [0.717, 1.165) is 31.8 Å². The van der Waals surface area contributed by atoms with E-state index in [9.17, 15) is 4.79 Å². The molecule has 2 saturated heterocycles. The maximum absolute atomic E-state index is 16.0. The highest BCUT2D eigenvalue weighted by Gasteiger charge is 2.45. The van der Waals surface area contributed by atoms with Crippen molar-refractivity contribution in [3.63, 3.8) is 0 Å². The maximum Gasteiger partial charge on any atom is 0.421 e. The molecule has 1 aromatic carbocycles. The zero-order valence-corrected chi connectivity index (χ0v) is 28.3. The maximum atomic E-state index is 16.0. The van der Waals surface area contributed by atoms with Crippen LogP contribution in [-0.4, -0.2) is 68.9 Å². The molecule has 13 heteroatoms. The Balaban J connectivity index is 1.35. The van der Waals surface area contributed by atoms with E-state index in [1.807, 2.05) is 20.8 Å². The fraction of sp³-hybridized carbons (Fsp3) is 0.556. The number of alkyl halides is 3. The van der Waals surface area contributed by atoms with Gasteiger partial charge in [0.25, 0.3) is 0 Å². The first-order valence-corrected chi connectivity index (χ1v) is 17.1. The first-order chi connectivity index (χ1) is 23.3. The van der Waals surface area contributed by atoms with Crippen molar-refractivity contribution in [2.24, 2.45) is 5.41 Å². The average molecular weight is 685 g/mol. The van der Waals surface area contributed by atoms with Crippen LogP contribution in [0, 0.1) is 5.41 Å². The second kappa shape index (κ2) is 14.0. The summed E-state index contributed by atoms with van der Waals surface area (Å²) in [6.07, 6.45) is 7.17. The predicted molar refractivity (Wildman–Crippen MR) is 178 cm³/mol. The molecular formula is C36H44F4N6O3. The lowest BCUT2D eigenvalue weighted by molar-refractivity contribution is -0.139. The van der Waals surface area contributed by atoms with Gasteiger partial charge in [-0.3, -0.25) is 0 Å². The summed E-state index contributed by atoms with van der Waals surface area (Å²) < 4.78 is 74.8. The van der Waals surface area contributed by atoms with Crippen molar-refractivity contribution in [3.05, 3.63) is 59.7 Å². The van der Waals surface area contributed by atoms with Crippen molar-refractivity contribution in [2.45, 2.75) is 96.4 Å². The van der Waals surface area contributed by atoms with Crippen molar-refractivity contribution >= 4 is 23.7 Å². The molecule has 2 aliphatic heterocycles. The van der Waals surface area contributed by atoms with E-state index in [-0.39, 0.29) is 40.3 Å². The fourth-order valence-electron chi connectivity index (χ4n) is 7.30. The molecule has 6 rings (SSSR count). The molecule has 264 valence electrons. The number of aromatic nitrogens is 4. The number of hydrogen-bond acceptors (Lipinski definition) is 7. The Labute approximate surface area is 284 Å². The van der Waals surface area contributed by atoms with Crippen LogP contribution < -0.4 is 9.64 Å². The fourth-order valence-corrected chi connectivity index (χ4v) is 7.30. The molecule has 9 nitrogen and oxygen atoms in total. The number of piperidine rings is 2. The number of rotatable bonds is 6. The van der Waals surface area contributed by atoms with Gasteiger partial charge in [0.2, 0.25) is 0 Å². The van der Waals surface area contributed by atoms with Gasteiger partial charge in [-0.05, 0) is 108 Å².